The zero-order valence-corrected chi connectivity index (χ0v) is 14.0. The lowest BCUT2D eigenvalue weighted by Gasteiger charge is -2.16. The molecule has 0 atom stereocenters. The Morgan fingerprint density at radius 1 is 1.25 bits per heavy atom. The normalized spacial score (nSPS) is 11.2. The number of anilines is 1. The van der Waals surface area contributed by atoms with Gasteiger partial charge in [-0.25, -0.2) is 9.97 Å². The number of nitrogens with one attached hydrogen (secondary N) is 1. The van der Waals surface area contributed by atoms with Gasteiger partial charge in [-0.15, -0.1) is 22.7 Å². The third kappa shape index (κ3) is 4.01. The van der Waals surface area contributed by atoms with Crippen LogP contribution in [0.5, 0.6) is 0 Å². The summed E-state index contributed by atoms with van der Waals surface area (Å²) >= 11 is 3.41. The van der Waals surface area contributed by atoms with Crippen LogP contribution in [0.25, 0.3) is 10.6 Å². The van der Waals surface area contributed by atoms with Crippen molar-refractivity contribution in [3.63, 3.8) is 0 Å². The summed E-state index contributed by atoms with van der Waals surface area (Å²) in [5, 5.41) is 7.53. The van der Waals surface area contributed by atoms with Gasteiger partial charge in [0.05, 0.1) is 15.6 Å². The quantitative estimate of drug-likeness (QED) is 0.809. The van der Waals surface area contributed by atoms with Crippen molar-refractivity contribution in [1.82, 2.24) is 14.9 Å². The first kappa shape index (κ1) is 15.4. The third-order valence-electron chi connectivity index (χ3n) is 3.17. The van der Waals surface area contributed by atoms with Crippen LogP contribution in [-0.4, -0.2) is 41.0 Å². The van der Waals surface area contributed by atoms with Crippen molar-refractivity contribution in [2.75, 3.05) is 31.5 Å². The lowest BCUT2D eigenvalue weighted by Crippen LogP contribution is -2.25. The number of aromatic nitrogens is 2. The molecule has 20 heavy (non-hydrogen) atoms. The second kappa shape index (κ2) is 7.71. The Bertz CT molecular complexity index is 517. The molecule has 110 valence electrons. The summed E-state index contributed by atoms with van der Waals surface area (Å²) in [5.41, 5.74) is 1.04. The summed E-state index contributed by atoms with van der Waals surface area (Å²) < 4.78 is 0. The van der Waals surface area contributed by atoms with Crippen molar-refractivity contribution < 1.29 is 0 Å². The van der Waals surface area contributed by atoms with Crippen molar-refractivity contribution >= 4 is 27.8 Å². The molecule has 4 nitrogen and oxygen atoms in total. The van der Waals surface area contributed by atoms with Gasteiger partial charge in [-0.3, -0.25) is 0 Å². The smallest absolute Gasteiger partial charge is 0.183 e. The van der Waals surface area contributed by atoms with E-state index in [-0.39, 0.29) is 0 Å². The van der Waals surface area contributed by atoms with Gasteiger partial charge in [0.2, 0.25) is 0 Å². The van der Waals surface area contributed by atoms with Crippen LogP contribution in [0.3, 0.4) is 0 Å². The van der Waals surface area contributed by atoms with Gasteiger partial charge in [-0.05, 0) is 20.0 Å². The van der Waals surface area contributed by atoms with E-state index in [1.54, 1.807) is 22.7 Å². The highest BCUT2D eigenvalue weighted by atomic mass is 32.1. The first-order valence-electron chi connectivity index (χ1n) is 7.13. The molecule has 0 saturated heterocycles. The standard InChI is InChI=1S/C14H22N4S2/c1-4-15-14-17-11(10-19-14)12-9-16-13(20-12)7-8-18(5-2)6-3/h9-10H,4-8H2,1-3H3,(H,15,17). The monoisotopic (exact) mass is 310 g/mol. The molecule has 6 heteroatoms. The lowest BCUT2D eigenvalue weighted by atomic mass is 10.4. The fraction of sp³-hybridized carbons (Fsp3) is 0.571. The Labute approximate surface area is 128 Å². The molecule has 0 fully saturated rings. The van der Waals surface area contributed by atoms with E-state index in [2.05, 4.69) is 46.3 Å². The predicted octanol–water partition coefficient (Wildman–Crippen LogP) is 3.58. The number of nitrogens with zero attached hydrogens (tertiary/aromatic N) is 3. The molecule has 0 radical (unpaired) electrons. The van der Waals surface area contributed by atoms with Crippen LogP contribution in [-0.2, 0) is 6.42 Å². The van der Waals surface area contributed by atoms with Crippen LogP contribution >= 0.6 is 22.7 Å². The lowest BCUT2D eigenvalue weighted by molar-refractivity contribution is 0.308. The molecule has 0 saturated carbocycles. The summed E-state index contributed by atoms with van der Waals surface area (Å²) in [5.74, 6) is 0. The Balaban J connectivity index is 1.97. The molecule has 0 unspecified atom stereocenters. The molecule has 0 aliphatic rings. The van der Waals surface area contributed by atoms with Gasteiger partial charge in [-0.1, -0.05) is 13.8 Å². The highest BCUT2D eigenvalue weighted by Crippen LogP contribution is 2.29. The van der Waals surface area contributed by atoms with Gasteiger partial charge in [0.1, 0.15) is 0 Å². The van der Waals surface area contributed by atoms with Crippen molar-refractivity contribution in [3.8, 4) is 10.6 Å². The van der Waals surface area contributed by atoms with Crippen molar-refractivity contribution in [3.05, 3.63) is 16.6 Å². The number of hydrogen-bond acceptors (Lipinski definition) is 6. The Morgan fingerprint density at radius 3 is 2.75 bits per heavy atom. The second-order valence-corrected chi connectivity index (χ2v) is 6.44. The molecule has 2 rings (SSSR count). The molecule has 2 heterocycles. The summed E-state index contributed by atoms with van der Waals surface area (Å²) in [6, 6.07) is 0. The predicted molar refractivity (Wildman–Crippen MR) is 88.9 cm³/mol. The van der Waals surface area contributed by atoms with E-state index in [0.29, 0.717) is 0 Å². The van der Waals surface area contributed by atoms with E-state index in [1.807, 2.05) is 6.20 Å². The average Bonchev–Trinajstić information content (AvgIpc) is 3.09. The van der Waals surface area contributed by atoms with Gasteiger partial charge in [0.15, 0.2) is 5.13 Å². The van der Waals surface area contributed by atoms with Crippen molar-refractivity contribution in [2.24, 2.45) is 0 Å². The molecular weight excluding hydrogens is 288 g/mol. The fourth-order valence-corrected chi connectivity index (χ4v) is 3.68. The zero-order valence-electron chi connectivity index (χ0n) is 12.3. The van der Waals surface area contributed by atoms with Crippen LogP contribution in [0.15, 0.2) is 11.6 Å². The molecule has 0 aliphatic heterocycles. The summed E-state index contributed by atoms with van der Waals surface area (Å²) in [4.78, 5) is 12.7. The van der Waals surface area contributed by atoms with E-state index >= 15 is 0 Å². The fourth-order valence-electron chi connectivity index (χ4n) is 1.96. The Morgan fingerprint density at radius 2 is 2.05 bits per heavy atom. The van der Waals surface area contributed by atoms with Gasteiger partial charge < -0.3 is 10.2 Å². The van der Waals surface area contributed by atoms with Crippen molar-refractivity contribution in [2.45, 2.75) is 27.2 Å². The van der Waals surface area contributed by atoms with E-state index in [1.165, 1.54) is 9.88 Å². The van der Waals surface area contributed by atoms with E-state index < -0.39 is 0 Å². The molecule has 2 aromatic heterocycles. The largest absolute Gasteiger partial charge is 0.362 e. The minimum absolute atomic E-state index is 0.908. The summed E-state index contributed by atoms with van der Waals surface area (Å²) in [7, 11) is 0. The van der Waals surface area contributed by atoms with E-state index in [4.69, 9.17) is 0 Å². The van der Waals surface area contributed by atoms with Gasteiger partial charge in [0, 0.05) is 31.1 Å². The van der Waals surface area contributed by atoms with Gasteiger partial charge in [0.25, 0.3) is 0 Å². The Hall–Kier alpha value is -0.980. The SMILES string of the molecule is CCNc1nc(-c2cnc(CCN(CC)CC)s2)cs1. The van der Waals surface area contributed by atoms with Crippen LogP contribution in [0.2, 0.25) is 0 Å². The zero-order chi connectivity index (χ0) is 14.4. The second-order valence-electron chi connectivity index (χ2n) is 4.46. The number of hydrogen-bond donors (Lipinski definition) is 1. The van der Waals surface area contributed by atoms with Crippen molar-refractivity contribution in [1.29, 1.82) is 0 Å². The molecule has 0 amide bonds. The van der Waals surface area contributed by atoms with E-state index in [9.17, 15) is 0 Å². The van der Waals surface area contributed by atoms with Crippen LogP contribution in [0, 0.1) is 0 Å². The number of rotatable bonds is 8. The minimum atomic E-state index is 0.908. The average molecular weight is 310 g/mol. The molecule has 2 aromatic rings. The maximum absolute atomic E-state index is 4.58. The maximum atomic E-state index is 4.58. The third-order valence-corrected chi connectivity index (χ3v) is 5.05. The highest BCUT2D eigenvalue weighted by Gasteiger charge is 2.09. The van der Waals surface area contributed by atoms with E-state index in [0.717, 1.165) is 43.4 Å². The molecule has 1 N–H and O–H groups in total. The van der Waals surface area contributed by atoms with Gasteiger partial charge >= 0.3 is 0 Å². The first-order valence-corrected chi connectivity index (χ1v) is 8.83. The molecule has 0 aliphatic carbocycles. The minimum Gasteiger partial charge on any atom is -0.362 e. The molecule has 0 aromatic carbocycles. The molecular formula is C14H22N4S2. The Kier molecular flexibility index (Phi) is 5.94. The first-order chi connectivity index (χ1) is 9.76. The molecule has 0 spiro atoms. The summed E-state index contributed by atoms with van der Waals surface area (Å²) in [6.45, 7) is 10.7. The highest BCUT2D eigenvalue weighted by molar-refractivity contribution is 7.16. The van der Waals surface area contributed by atoms with Gasteiger partial charge in [-0.2, -0.15) is 0 Å². The summed E-state index contributed by atoms with van der Waals surface area (Å²) in [6.07, 6.45) is 2.98. The topological polar surface area (TPSA) is 41.1 Å². The number of thiazole rings is 2. The van der Waals surface area contributed by atoms with Crippen LogP contribution in [0.1, 0.15) is 25.8 Å². The number of likely N-dealkylation sites (N-methyl/N-ethyl adjacent to an activating group) is 1. The van der Waals surface area contributed by atoms with Crippen LogP contribution in [0.4, 0.5) is 5.13 Å². The van der Waals surface area contributed by atoms with Crippen LogP contribution < -0.4 is 5.32 Å². The maximum Gasteiger partial charge on any atom is 0.183 e. The molecule has 0 bridgehead atoms.